The number of fused-ring (bicyclic) bond motifs is 2. The van der Waals surface area contributed by atoms with Gasteiger partial charge < -0.3 is 5.32 Å². The average molecular weight is 345 g/mol. The molecule has 2 heterocycles. The first-order chi connectivity index (χ1) is 11.0. The summed E-state index contributed by atoms with van der Waals surface area (Å²) in [4.78, 5) is 26.2. The normalized spacial score (nSPS) is 25.8. The van der Waals surface area contributed by atoms with Crippen molar-refractivity contribution in [2.45, 2.75) is 17.0 Å². The van der Waals surface area contributed by atoms with Gasteiger partial charge in [0.25, 0.3) is 5.91 Å². The summed E-state index contributed by atoms with van der Waals surface area (Å²) in [6.45, 7) is 1.83. The Morgan fingerprint density at radius 3 is 2.57 bits per heavy atom. The van der Waals surface area contributed by atoms with Gasteiger partial charge in [-0.05, 0) is 37.3 Å². The first kappa shape index (κ1) is 14.6. The van der Waals surface area contributed by atoms with Crippen LogP contribution in [0.3, 0.4) is 0 Å². The fourth-order valence-corrected chi connectivity index (χ4v) is 4.76. The van der Waals surface area contributed by atoms with E-state index in [0.717, 1.165) is 11.3 Å². The van der Waals surface area contributed by atoms with E-state index in [2.05, 4.69) is 5.32 Å². The van der Waals surface area contributed by atoms with Crippen LogP contribution in [0.25, 0.3) is 0 Å². The van der Waals surface area contributed by atoms with Gasteiger partial charge in [-0.2, -0.15) is 0 Å². The Morgan fingerprint density at radius 1 is 1.13 bits per heavy atom. The number of nitrogens with one attached hydrogen (secondary N) is 1. The molecule has 6 heteroatoms. The van der Waals surface area contributed by atoms with Crippen LogP contribution in [-0.4, -0.2) is 17.1 Å². The highest BCUT2D eigenvalue weighted by molar-refractivity contribution is 8.03. The molecule has 0 saturated carbocycles. The molecule has 1 N–H and O–H groups in total. The monoisotopic (exact) mass is 344 g/mol. The fraction of sp³-hybridized carbons (Fsp3) is 0.176. The lowest BCUT2D eigenvalue weighted by atomic mass is 10.0. The zero-order valence-electron chi connectivity index (χ0n) is 12.2. The number of para-hydroxylation sites is 1. The van der Waals surface area contributed by atoms with Crippen molar-refractivity contribution in [3.05, 3.63) is 59.1 Å². The van der Waals surface area contributed by atoms with Crippen molar-refractivity contribution in [3.63, 3.8) is 0 Å². The molecule has 0 unspecified atom stereocenters. The minimum atomic E-state index is -1.05. The van der Waals surface area contributed by atoms with E-state index in [-0.39, 0.29) is 17.1 Å². The molecule has 0 aromatic heterocycles. The standard InChI is InChI=1S/C17H13ClN2O2S/c1-10-15(21)20(12-8-6-11(18)7-9-12)17(23-10)13-4-2-3-5-14(13)19-16(17)22/h2-10H,1H3,(H,19,22)/t10-,17-/m0/s1. The Labute approximate surface area is 142 Å². The van der Waals surface area contributed by atoms with Gasteiger partial charge >= 0.3 is 0 Å². The number of halogens is 1. The van der Waals surface area contributed by atoms with Gasteiger partial charge in [0.1, 0.15) is 0 Å². The van der Waals surface area contributed by atoms with Crippen molar-refractivity contribution in [2.75, 3.05) is 10.2 Å². The van der Waals surface area contributed by atoms with E-state index < -0.39 is 4.87 Å². The SMILES string of the molecule is C[C@@H]1S[C@@]2(C(=O)Nc3ccccc32)N(c2ccc(Cl)cc2)C1=O. The van der Waals surface area contributed by atoms with Gasteiger partial charge in [-0.3, -0.25) is 14.5 Å². The van der Waals surface area contributed by atoms with Crippen molar-refractivity contribution in [2.24, 2.45) is 0 Å². The number of carbonyl (C=O) groups excluding carboxylic acids is 2. The number of nitrogens with zero attached hydrogens (tertiary/aromatic N) is 1. The highest BCUT2D eigenvalue weighted by Crippen LogP contribution is 2.55. The second kappa shape index (κ2) is 5.01. The van der Waals surface area contributed by atoms with E-state index in [0.29, 0.717) is 10.7 Å². The molecule has 2 aromatic rings. The number of carbonyl (C=O) groups is 2. The first-order valence-electron chi connectivity index (χ1n) is 7.22. The predicted molar refractivity (Wildman–Crippen MR) is 92.7 cm³/mol. The van der Waals surface area contributed by atoms with Gasteiger partial charge in [0.15, 0.2) is 0 Å². The molecule has 2 aliphatic heterocycles. The quantitative estimate of drug-likeness (QED) is 0.859. The van der Waals surface area contributed by atoms with Gasteiger partial charge in [0, 0.05) is 22.0 Å². The maximum atomic E-state index is 12.8. The molecule has 2 atom stereocenters. The van der Waals surface area contributed by atoms with E-state index in [1.165, 1.54) is 11.8 Å². The summed E-state index contributed by atoms with van der Waals surface area (Å²) < 4.78 is 0. The zero-order valence-corrected chi connectivity index (χ0v) is 13.8. The summed E-state index contributed by atoms with van der Waals surface area (Å²) in [6, 6.07) is 14.5. The second-order valence-corrected chi connectivity index (χ2v) is 7.52. The van der Waals surface area contributed by atoms with Gasteiger partial charge in [-0.15, -0.1) is 11.8 Å². The Kier molecular flexibility index (Phi) is 3.18. The van der Waals surface area contributed by atoms with Crippen LogP contribution in [0.5, 0.6) is 0 Å². The summed E-state index contributed by atoms with van der Waals surface area (Å²) in [5.74, 6) is -0.263. The van der Waals surface area contributed by atoms with Crippen LogP contribution in [-0.2, 0) is 14.5 Å². The zero-order chi connectivity index (χ0) is 16.2. The van der Waals surface area contributed by atoms with Crippen molar-refractivity contribution < 1.29 is 9.59 Å². The molecule has 2 aromatic carbocycles. The summed E-state index contributed by atoms with van der Waals surface area (Å²) >= 11 is 7.33. The van der Waals surface area contributed by atoms with Crippen LogP contribution in [0.2, 0.25) is 5.02 Å². The van der Waals surface area contributed by atoms with Crippen LogP contribution in [0, 0.1) is 0 Å². The molecule has 1 fully saturated rings. The lowest BCUT2D eigenvalue weighted by Gasteiger charge is -2.32. The molecule has 23 heavy (non-hydrogen) atoms. The van der Waals surface area contributed by atoms with E-state index >= 15 is 0 Å². The van der Waals surface area contributed by atoms with Crippen LogP contribution in [0.15, 0.2) is 48.5 Å². The van der Waals surface area contributed by atoms with Gasteiger partial charge in [0.05, 0.1) is 5.25 Å². The molecule has 4 nitrogen and oxygen atoms in total. The lowest BCUT2D eigenvalue weighted by Crippen LogP contribution is -2.47. The molecule has 0 bridgehead atoms. The van der Waals surface area contributed by atoms with Crippen LogP contribution in [0.4, 0.5) is 11.4 Å². The molecule has 2 amide bonds. The van der Waals surface area contributed by atoms with E-state index in [9.17, 15) is 9.59 Å². The lowest BCUT2D eigenvalue weighted by molar-refractivity contribution is -0.122. The van der Waals surface area contributed by atoms with E-state index in [1.807, 2.05) is 31.2 Å². The molecule has 4 rings (SSSR count). The summed E-state index contributed by atoms with van der Waals surface area (Å²) in [5.41, 5.74) is 2.25. The maximum Gasteiger partial charge on any atom is 0.266 e. The molecular weight excluding hydrogens is 332 g/mol. The number of benzene rings is 2. The topological polar surface area (TPSA) is 49.4 Å². The molecule has 1 saturated heterocycles. The molecule has 0 radical (unpaired) electrons. The smallest absolute Gasteiger partial charge is 0.266 e. The third-order valence-electron chi connectivity index (χ3n) is 4.16. The molecule has 1 spiro atoms. The molecule has 0 aliphatic carbocycles. The molecule has 116 valence electrons. The number of rotatable bonds is 1. The Balaban J connectivity index is 1.94. The van der Waals surface area contributed by atoms with Crippen LogP contribution >= 0.6 is 23.4 Å². The number of amides is 2. The Morgan fingerprint density at radius 2 is 1.83 bits per heavy atom. The molecule has 2 aliphatic rings. The predicted octanol–water partition coefficient (Wildman–Crippen LogP) is 3.61. The largest absolute Gasteiger partial charge is 0.323 e. The minimum absolute atomic E-state index is 0.0795. The van der Waals surface area contributed by atoms with Crippen LogP contribution < -0.4 is 10.2 Å². The number of hydrogen-bond donors (Lipinski definition) is 1. The van der Waals surface area contributed by atoms with Gasteiger partial charge in [0.2, 0.25) is 10.8 Å². The summed E-state index contributed by atoms with van der Waals surface area (Å²) in [6.07, 6.45) is 0. The first-order valence-corrected chi connectivity index (χ1v) is 8.48. The van der Waals surface area contributed by atoms with Crippen molar-refractivity contribution in [1.29, 1.82) is 0 Å². The average Bonchev–Trinajstić information content (AvgIpc) is 2.97. The van der Waals surface area contributed by atoms with Crippen LogP contribution in [0.1, 0.15) is 12.5 Å². The molecular formula is C17H13ClN2O2S. The third-order valence-corrected chi connectivity index (χ3v) is 5.90. The number of hydrogen-bond acceptors (Lipinski definition) is 3. The van der Waals surface area contributed by atoms with Crippen molar-refractivity contribution >= 4 is 46.6 Å². The number of anilines is 2. The van der Waals surface area contributed by atoms with Gasteiger partial charge in [-0.25, -0.2) is 0 Å². The summed E-state index contributed by atoms with van der Waals surface area (Å²) in [7, 11) is 0. The maximum absolute atomic E-state index is 12.8. The fourth-order valence-electron chi connectivity index (χ4n) is 3.15. The Hall–Kier alpha value is -1.98. The van der Waals surface area contributed by atoms with Crippen molar-refractivity contribution in [3.8, 4) is 0 Å². The third kappa shape index (κ3) is 1.93. The highest BCUT2D eigenvalue weighted by atomic mass is 35.5. The number of thioether (sulfide) groups is 1. The van der Waals surface area contributed by atoms with E-state index in [1.54, 1.807) is 29.2 Å². The minimum Gasteiger partial charge on any atom is -0.323 e. The van der Waals surface area contributed by atoms with E-state index in [4.69, 9.17) is 11.6 Å². The highest BCUT2D eigenvalue weighted by Gasteiger charge is 2.60. The second-order valence-electron chi connectivity index (χ2n) is 5.55. The van der Waals surface area contributed by atoms with Crippen molar-refractivity contribution in [1.82, 2.24) is 0 Å². The van der Waals surface area contributed by atoms with Gasteiger partial charge in [-0.1, -0.05) is 29.8 Å². The Bertz CT molecular complexity index is 824. The summed E-state index contributed by atoms with van der Waals surface area (Å²) in [5, 5.41) is 3.19.